The summed E-state index contributed by atoms with van der Waals surface area (Å²) < 4.78 is 162. The molecular formula is C36H16F12N6O. The van der Waals surface area contributed by atoms with Gasteiger partial charge in [0.1, 0.15) is 47.0 Å². The van der Waals surface area contributed by atoms with E-state index in [4.69, 9.17) is 0 Å². The smallest absolute Gasteiger partial charge is 0.339 e. The highest BCUT2D eigenvalue weighted by molar-refractivity contribution is 6.06. The Labute approximate surface area is 301 Å². The van der Waals surface area contributed by atoms with Crippen LogP contribution in [-0.4, -0.2) is 18.9 Å². The SMILES string of the molecule is N#Cc1cc(F)cc2c1N(c1ccc(C(F)(F)F)c(F)c1C#N)CCC2(F)F.N#Cc1cc(F)cc2c1N(c1ccc(C(F)(F)F)c(F)c1C#N)CCC2=O. The predicted molar refractivity (Wildman–Crippen MR) is 166 cm³/mol. The Morgan fingerprint density at radius 2 is 1.07 bits per heavy atom. The summed E-state index contributed by atoms with van der Waals surface area (Å²) in [5.41, 5.74) is -8.15. The summed E-state index contributed by atoms with van der Waals surface area (Å²) in [6.45, 7) is -0.634. The second-order valence-electron chi connectivity index (χ2n) is 11.7. The van der Waals surface area contributed by atoms with Crippen molar-refractivity contribution in [2.75, 3.05) is 22.9 Å². The zero-order valence-corrected chi connectivity index (χ0v) is 27.1. The van der Waals surface area contributed by atoms with Crippen LogP contribution in [0.15, 0.2) is 48.5 Å². The maximum Gasteiger partial charge on any atom is 0.419 e. The molecule has 0 saturated carbocycles. The van der Waals surface area contributed by atoms with Crippen molar-refractivity contribution >= 4 is 28.5 Å². The molecule has 0 saturated heterocycles. The predicted octanol–water partition coefficient (Wildman–Crippen LogP) is 9.81. The lowest BCUT2D eigenvalue weighted by molar-refractivity contribution is -0.140. The summed E-state index contributed by atoms with van der Waals surface area (Å²) in [6.07, 6.45) is -11.1. The van der Waals surface area contributed by atoms with Crippen molar-refractivity contribution in [3.05, 3.63) is 116 Å². The molecule has 0 spiro atoms. The third-order valence-electron chi connectivity index (χ3n) is 8.49. The second kappa shape index (κ2) is 14.3. The first-order valence-corrected chi connectivity index (χ1v) is 15.2. The third-order valence-corrected chi connectivity index (χ3v) is 8.49. The Bertz CT molecular complexity index is 2430. The molecule has 2 aliphatic heterocycles. The van der Waals surface area contributed by atoms with Gasteiger partial charge in [-0.3, -0.25) is 4.79 Å². The lowest BCUT2D eigenvalue weighted by Gasteiger charge is -2.36. The van der Waals surface area contributed by atoms with E-state index in [0.717, 1.165) is 29.2 Å². The molecule has 2 heterocycles. The fraction of sp³-hybridized carbons (Fsp3) is 0.194. The van der Waals surface area contributed by atoms with Crippen molar-refractivity contribution in [1.82, 2.24) is 0 Å². The van der Waals surface area contributed by atoms with Crippen LogP contribution in [-0.2, 0) is 18.3 Å². The summed E-state index contributed by atoms with van der Waals surface area (Å²) in [5.74, 6) is -9.52. The zero-order chi connectivity index (χ0) is 40.8. The molecule has 19 heteroatoms. The van der Waals surface area contributed by atoms with Crippen molar-refractivity contribution in [3.8, 4) is 24.3 Å². The van der Waals surface area contributed by atoms with Crippen LogP contribution in [0.4, 0.5) is 75.4 Å². The molecule has 6 rings (SSSR count). The van der Waals surface area contributed by atoms with Crippen LogP contribution in [0.2, 0.25) is 0 Å². The molecule has 0 aromatic heterocycles. The van der Waals surface area contributed by atoms with E-state index in [-0.39, 0.29) is 35.5 Å². The molecule has 0 bridgehead atoms. The number of alkyl halides is 8. The van der Waals surface area contributed by atoms with Gasteiger partial charge in [0.2, 0.25) is 0 Å². The van der Waals surface area contributed by atoms with E-state index in [1.165, 1.54) is 17.0 Å². The number of Topliss-reactive ketones (excluding diaryl/α,β-unsaturated/α-hetero) is 1. The van der Waals surface area contributed by atoms with Gasteiger partial charge in [-0.05, 0) is 48.5 Å². The highest BCUT2D eigenvalue weighted by Gasteiger charge is 2.44. The molecule has 4 aromatic carbocycles. The molecule has 0 amide bonds. The van der Waals surface area contributed by atoms with Crippen molar-refractivity contribution in [1.29, 1.82) is 21.0 Å². The second-order valence-corrected chi connectivity index (χ2v) is 11.7. The minimum atomic E-state index is -5.07. The van der Waals surface area contributed by atoms with Crippen LogP contribution in [0.3, 0.4) is 0 Å². The largest absolute Gasteiger partial charge is 0.419 e. The van der Waals surface area contributed by atoms with Crippen molar-refractivity contribution in [3.63, 3.8) is 0 Å². The van der Waals surface area contributed by atoms with E-state index in [0.29, 0.717) is 24.3 Å². The van der Waals surface area contributed by atoms with Crippen LogP contribution in [0.1, 0.15) is 62.1 Å². The van der Waals surface area contributed by atoms with Crippen LogP contribution in [0.25, 0.3) is 0 Å². The van der Waals surface area contributed by atoms with Gasteiger partial charge in [0, 0.05) is 37.1 Å². The average molecular weight is 777 g/mol. The van der Waals surface area contributed by atoms with E-state index in [2.05, 4.69) is 0 Å². The Kier molecular flexibility index (Phi) is 10.2. The van der Waals surface area contributed by atoms with Crippen molar-refractivity contribution in [2.45, 2.75) is 31.1 Å². The normalized spacial score (nSPS) is 14.7. The lowest BCUT2D eigenvalue weighted by Crippen LogP contribution is -2.34. The van der Waals surface area contributed by atoms with Crippen LogP contribution >= 0.6 is 0 Å². The number of benzene rings is 4. The van der Waals surface area contributed by atoms with Gasteiger partial charge in [0.25, 0.3) is 5.92 Å². The minimum absolute atomic E-state index is 0.0641. The lowest BCUT2D eigenvalue weighted by atomic mass is 9.93. The van der Waals surface area contributed by atoms with Gasteiger partial charge in [0.15, 0.2) is 17.4 Å². The molecular weight excluding hydrogens is 760 g/mol. The summed E-state index contributed by atoms with van der Waals surface area (Å²) in [5, 5.41) is 36.9. The monoisotopic (exact) mass is 776 g/mol. The molecule has 0 unspecified atom stereocenters. The zero-order valence-electron chi connectivity index (χ0n) is 27.1. The first kappa shape index (κ1) is 39.5. The topological polar surface area (TPSA) is 119 Å². The molecule has 0 aliphatic carbocycles. The number of hydrogen-bond acceptors (Lipinski definition) is 7. The van der Waals surface area contributed by atoms with Gasteiger partial charge >= 0.3 is 12.4 Å². The van der Waals surface area contributed by atoms with E-state index < -0.39 is 105 Å². The van der Waals surface area contributed by atoms with Gasteiger partial charge < -0.3 is 9.80 Å². The fourth-order valence-electron chi connectivity index (χ4n) is 6.11. The average Bonchev–Trinajstić information content (AvgIpc) is 3.10. The maximum atomic E-state index is 14.3. The van der Waals surface area contributed by atoms with Gasteiger partial charge in [-0.25, -0.2) is 26.3 Å². The molecule has 0 N–H and O–H groups in total. The first-order chi connectivity index (χ1) is 25.7. The molecule has 2 aliphatic rings. The number of halogens is 12. The Morgan fingerprint density at radius 3 is 1.53 bits per heavy atom. The molecule has 0 fully saturated rings. The number of fused-ring (bicyclic) bond motifs is 2. The highest BCUT2D eigenvalue weighted by Crippen LogP contribution is 2.49. The summed E-state index contributed by atoms with van der Waals surface area (Å²) in [7, 11) is 0. The standard InChI is InChI=1S/C18H8F7N3.C18H8F5N3O/c19-10-5-9(7-26)16-13(6-10)17(21,22)3-4-28(16)14-2-1-12(18(23,24)25)15(20)11(14)8-27;19-10-5-9(7-24)17-11(6-10)15(27)3-4-26(17)14-2-1-13(18(21,22)23)16(20)12(14)8-25/h1-2,5-6H,3-4H2;1-2,5-6H,3-4H2. The van der Waals surface area contributed by atoms with E-state index in [1.807, 2.05) is 0 Å². The van der Waals surface area contributed by atoms with Crippen molar-refractivity contribution in [2.24, 2.45) is 0 Å². The Morgan fingerprint density at radius 1 is 0.618 bits per heavy atom. The fourth-order valence-corrected chi connectivity index (χ4v) is 6.11. The maximum absolute atomic E-state index is 14.3. The first-order valence-electron chi connectivity index (χ1n) is 15.2. The van der Waals surface area contributed by atoms with E-state index >= 15 is 0 Å². The number of hydrogen-bond donors (Lipinski definition) is 0. The minimum Gasteiger partial charge on any atom is -0.339 e. The quantitative estimate of drug-likeness (QED) is 0.186. The molecule has 0 radical (unpaired) electrons. The van der Waals surface area contributed by atoms with Crippen LogP contribution < -0.4 is 9.80 Å². The number of anilines is 4. The van der Waals surface area contributed by atoms with Gasteiger partial charge in [-0.1, -0.05) is 0 Å². The van der Waals surface area contributed by atoms with E-state index in [1.54, 1.807) is 12.1 Å². The Balaban J connectivity index is 0.000000211. The molecule has 0 atom stereocenters. The third kappa shape index (κ3) is 7.17. The van der Waals surface area contributed by atoms with Crippen molar-refractivity contribution < 1.29 is 57.5 Å². The molecule has 55 heavy (non-hydrogen) atoms. The summed E-state index contributed by atoms with van der Waals surface area (Å²) >= 11 is 0. The molecule has 4 aromatic rings. The van der Waals surface area contributed by atoms with Gasteiger partial charge in [0.05, 0.1) is 45.0 Å². The van der Waals surface area contributed by atoms with Crippen LogP contribution in [0, 0.1) is 68.6 Å². The summed E-state index contributed by atoms with van der Waals surface area (Å²) in [6, 6.07) is 11.5. The number of carbonyl (C=O) groups excluding carboxylic acids is 1. The highest BCUT2D eigenvalue weighted by atomic mass is 19.4. The number of carbonyl (C=O) groups is 1. The number of nitrogens with zero attached hydrogens (tertiary/aromatic N) is 6. The summed E-state index contributed by atoms with van der Waals surface area (Å²) in [4.78, 5) is 14.2. The van der Waals surface area contributed by atoms with Crippen LogP contribution in [0.5, 0.6) is 0 Å². The van der Waals surface area contributed by atoms with Gasteiger partial charge in [-0.15, -0.1) is 0 Å². The van der Waals surface area contributed by atoms with E-state index in [9.17, 15) is 78.5 Å². The Hall–Kier alpha value is -6.73. The molecule has 7 nitrogen and oxygen atoms in total. The molecule has 280 valence electrons. The number of nitriles is 4. The number of ketones is 1. The van der Waals surface area contributed by atoms with Gasteiger partial charge in [-0.2, -0.15) is 47.4 Å². The number of rotatable bonds is 2.